The molecule has 0 saturated carbocycles. The summed E-state index contributed by atoms with van der Waals surface area (Å²) in [5, 5.41) is 10.2. The molecule has 1 aromatic rings. The van der Waals surface area contributed by atoms with Gasteiger partial charge in [0.25, 0.3) is 0 Å². The summed E-state index contributed by atoms with van der Waals surface area (Å²) < 4.78 is 1.04. The topological polar surface area (TPSA) is 24.7 Å². The van der Waals surface area contributed by atoms with E-state index in [1.54, 1.807) is 0 Å². The fraction of sp³-hybridized carbons (Fsp3) is 0.455. The quantitative estimate of drug-likeness (QED) is 0.824. The van der Waals surface area contributed by atoms with E-state index in [4.69, 9.17) is 0 Å². The summed E-state index contributed by atoms with van der Waals surface area (Å²) >= 11 is 3.38. The molecule has 0 unspecified atom stereocenters. The van der Waals surface area contributed by atoms with Gasteiger partial charge in [-0.3, -0.25) is 0 Å². The number of hydrogen-bond acceptors (Lipinski definition) is 1. The Bertz CT molecular complexity index is 293. The standard InChI is InChI=1S/C11H16BrNO/c1-11(14,8-13(2)3)9-4-6-10(12)7-5-9/h4-7,14H,8H2,1-3H3/p+1/t11-/m1/s1. The summed E-state index contributed by atoms with van der Waals surface area (Å²) in [4.78, 5) is 1.23. The van der Waals surface area contributed by atoms with Crippen molar-refractivity contribution in [3.8, 4) is 0 Å². The summed E-state index contributed by atoms with van der Waals surface area (Å²) in [6, 6.07) is 7.81. The van der Waals surface area contributed by atoms with Crippen LogP contribution in [0.15, 0.2) is 28.7 Å². The van der Waals surface area contributed by atoms with E-state index >= 15 is 0 Å². The molecule has 1 atom stereocenters. The lowest BCUT2D eigenvalue weighted by Crippen LogP contribution is -3.07. The third-order valence-electron chi connectivity index (χ3n) is 2.16. The van der Waals surface area contributed by atoms with Gasteiger partial charge in [-0.1, -0.05) is 28.1 Å². The highest BCUT2D eigenvalue weighted by molar-refractivity contribution is 9.10. The van der Waals surface area contributed by atoms with Crippen LogP contribution in [0.5, 0.6) is 0 Å². The highest BCUT2D eigenvalue weighted by Gasteiger charge is 2.26. The maximum absolute atomic E-state index is 10.2. The van der Waals surface area contributed by atoms with Gasteiger partial charge < -0.3 is 10.0 Å². The minimum atomic E-state index is -0.750. The molecule has 3 heteroatoms. The molecule has 1 rings (SSSR count). The monoisotopic (exact) mass is 258 g/mol. The van der Waals surface area contributed by atoms with Gasteiger partial charge in [0.1, 0.15) is 12.1 Å². The smallest absolute Gasteiger partial charge is 0.135 e. The number of likely N-dealkylation sites (N-methyl/N-ethyl adjacent to an activating group) is 1. The lowest BCUT2D eigenvalue weighted by atomic mass is 9.96. The van der Waals surface area contributed by atoms with Crippen molar-refractivity contribution < 1.29 is 10.0 Å². The summed E-state index contributed by atoms with van der Waals surface area (Å²) in [6.45, 7) is 2.55. The molecule has 0 radical (unpaired) electrons. The molecule has 0 aliphatic heterocycles. The molecule has 2 N–H and O–H groups in total. The van der Waals surface area contributed by atoms with Crippen LogP contribution < -0.4 is 4.90 Å². The first-order chi connectivity index (χ1) is 6.42. The third kappa shape index (κ3) is 3.08. The van der Waals surface area contributed by atoms with E-state index in [0.717, 1.165) is 10.0 Å². The first-order valence-electron chi connectivity index (χ1n) is 4.69. The van der Waals surface area contributed by atoms with Crippen LogP contribution in [0.3, 0.4) is 0 Å². The van der Waals surface area contributed by atoms with Crippen LogP contribution in [0.4, 0.5) is 0 Å². The summed E-state index contributed by atoms with van der Waals surface area (Å²) in [5.41, 5.74) is 0.210. The van der Waals surface area contributed by atoms with Crippen molar-refractivity contribution in [3.63, 3.8) is 0 Å². The van der Waals surface area contributed by atoms with Crippen molar-refractivity contribution >= 4 is 15.9 Å². The summed E-state index contributed by atoms with van der Waals surface area (Å²) in [7, 11) is 4.07. The second-order valence-electron chi connectivity index (χ2n) is 4.16. The van der Waals surface area contributed by atoms with Crippen LogP contribution in [-0.2, 0) is 5.60 Å². The zero-order valence-corrected chi connectivity index (χ0v) is 10.4. The van der Waals surface area contributed by atoms with Gasteiger partial charge in [0.15, 0.2) is 0 Å². The van der Waals surface area contributed by atoms with Crippen LogP contribution in [0.25, 0.3) is 0 Å². The number of aliphatic hydroxyl groups is 1. The van der Waals surface area contributed by atoms with E-state index in [-0.39, 0.29) is 0 Å². The van der Waals surface area contributed by atoms with Crippen molar-refractivity contribution in [2.75, 3.05) is 20.6 Å². The van der Waals surface area contributed by atoms with E-state index in [1.165, 1.54) is 4.90 Å². The van der Waals surface area contributed by atoms with Gasteiger partial charge in [-0.05, 0) is 24.6 Å². The Morgan fingerprint density at radius 1 is 1.29 bits per heavy atom. The molecule has 2 nitrogen and oxygen atoms in total. The minimum Gasteiger partial charge on any atom is -0.380 e. The molecule has 0 aliphatic carbocycles. The fourth-order valence-corrected chi connectivity index (χ4v) is 1.86. The third-order valence-corrected chi connectivity index (χ3v) is 2.69. The van der Waals surface area contributed by atoms with E-state index in [1.807, 2.05) is 45.3 Å². The van der Waals surface area contributed by atoms with Crippen LogP contribution in [0.2, 0.25) is 0 Å². The molecule has 0 fully saturated rings. The van der Waals surface area contributed by atoms with Gasteiger partial charge in [-0.15, -0.1) is 0 Å². The molecule has 0 saturated heterocycles. The predicted molar refractivity (Wildman–Crippen MR) is 61.4 cm³/mol. The Kier molecular flexibility index (Phi) is 3.70. The van der Waals surface area contributed by atoms with Crippen LogP contribution >= 0.6 is 15.9 Å². The Balaban J connectivity index is 2.86. The van der Waals surface area contributed by atoms with E-state index in [9.17, 15) is 5.11 Å². The molecule has 1 aromatic carbocycles. The average Bonchev–Trinajstić information content (AvgIpc) is 2.02. The van der Waals surface area contributed by atoms with Crippen LogP contribution in [-0.4, -0.2) is 25.7 Å². The Hall–Kier alpha value is -0.380. The highest BCUT2D eigenvalue weighted by atomic mass is 79.9. The van der Waals surface area contributed by atoms with Gasteiger partial charge >= 0.3 is 0 Å². The van der Waals surface area contributed by atoms with Crippen molar-refractivity contribution in [2.45, 2.75) is 12.5 Å². The Morgan fingerprint density at radius 2 is 1.79 bits per heavy atom. The molecule has 0 spiro atoms. The molecule has 0 heterocycles. The first-order valence-corrected chi connectivity index (χ1v) is 5.48. The van der Waals surface area contributed by atoms with Gasteiger partial charge in [0.05, 0.1) is 14.1 Å². The zero-order valence-electron chi connectivity index (χ0n) is 8.84. The SMILES string of the molecule is C[NH+](C)C[C@@](C)(O)c1ccc(Br)cc1. The van der Waals surface area contributed by atoms with Crippen LogP contribution in [0.1, 0.15) is 12.5 Å². The van der Waals surface area contributed by atoms with Crippen molar-refractivity contribution in [1.29, 1.82) is 0 Å². The Morgan fingerprint density at radius 3 is 2.21 bits per heavy atom. The van der Waals surface area contributed by atoms with Crippen molar-refractivity contribution in [1.82, 2.24) is 0 Å². The molecular weight excluding hydrogens is 242 g/mol. The second-order valence-corrected chi connectivity index (χ2v) is 5.08. The lowest BCUT2D eigenvalue weighted by Gasteiger charge is -2.25. The fourth-order valence-electron chi connectivity index (χ4n) is 1.60. The maximum Gasteiger partial charge on any atom is 0.135 e. The van der Waals surface area contributed by atoms with Gasteiger partial charge in [0, 0.05) is 4.47 Å². The lowest BCUT2D eigenvalue weighted by molar-refractivity contribution is -0.866. The van der Waals surface area contributed by atoms with E-state index in [0.29, 0.717) is 6.54 Å². The van der Waals surface area contributed by atoms with Gasteiger partial charge in [-0.25, -0.2) is 0 Å². The summed E-state index contributed by atoms with van der Waals surface area (Å²) in [5.74, 6) is 0. The van der Waals surface area contributed by atoms with Gasteiger partial charge in [-0.2, -0.15) is 0 Å². The molecule has 14 heavy (non-hydrogen) atoms. The average molecular weight is 259 g/mol. The molecule has 0 bridgehead atoms. The number of nitrogens with one attached hydrogen (secondary N) is 1. The second kappa shape index (κ2) is 4.43. The van der Waals surface area contributed by atoms with Gasteiger partial charge in [0.2, 0.25) is 0 Å². The molecular formula is C11H17BrNO+. The first kappa shape index (κ1) is 11.7. The maximum atomic E-state index is 10.2. The summed E-state index contributed by atoms with van der Waals surface area (Å²) in [6.07, 6.45) is 0. The molecule has 0 amide bonds. The number of halogens is 1. The van der Waals surface area contributed by atoms with Crippen molar-refractivity contribution in [3.05, 3.63) is 34.3 Å². The minimum absolute atomic E-state index is 0.703. The highest BCUT2D eigenvalue weighted by Crippen LogP contribution is 2.20. The van der Waals surface area contributed by atoms with Crippen molar-refractivity contribution in [2.24, 2.45) is 0 Å². The number of benzene rings is 1. The normalized spacial score (nSPS) is 15.6. The number of hydrogen-bond donors (Lipinski definition) is 2. The Labute approximate surface area is 93.7 Å². The van der Waals surface area contributed by atoms with Crippen LogP contribution in [0, 0.1) is 0 Å². The molecule has 0 aliphatic rings. The largest absolute Gasteiger partial charge is 0.380 e. The number of rotatable bonds is 3. The van der Waals surface area contributed by atoms with E-state index in [2.05, 4.69) is 15.9 Å². The molecule has 78 valence electrons. The number of quaternary nitrogens is 1. The van der Waals surface area contributed by atoms with E-state index < -0.39 is 5.60 Å². The molecule has 0 aromatic heterocycles. The zero-order chi connectivity index (χ0) is 10.8. The predicted octanol–water partition coefficient (Wildman–Crippen LogP) is 0.801.